The highest BCUT2D eigenvalue weighted by atomic mass is 16.3. The highest BCUT2D eigenvalue weighted by Crippen LogP contribution is 2.15. The van der Waals surface area contributed by atoms with Crippen LogP contribution in [0.4, 0.5) is 0 Å². The summed E-state index contributed by atoms with van der Waals surface area (Å²) in [4.78, 5) is 11.1. The average Bonchev–Trinajstić information content (AvgIpc) is 2.59. The van der Waals surface area contributed by atoms with Crippen molar-refractivity contribution in [3.63, 3.8) is 0 Å². The highest BCUT2D eigenvalue weighted by molar-refractivity contribution is 5.89. The minimum Gasteiger partial charge on any atom is -0.392 e. The first-order chi connectivity index (χ1) is 6.72. The van der Waals surface area contributed by atoms with E-state index in [1.807, 2.05) is 6.07 Å². The van der Waals surface area contributed by atoms with Crippen molar-refractivity contribution in [1.29, 1.82) is 0 Å². The van der Waals surface area contributed by atoms with Crippen LogP contribution in [0.1, 0.15) is 17.3 Å². The summed E-state index contributed by atoms with van der Waals surface area (Å²) >= 11 is 0. The van der Waals surface area contributed by atoms with Gasteiger partial charge in [0, 0.05) is 12.3 Å². The van der Waals surface area contributed by atoms with Crippen molar-refractivity contribution in [3.8, 4) is 0 Å². The van der Waals surface area contributed by atoms with E-state index in [-0.39, 0.29) is 12.5 Å². The lowest BCUT2D eigenvalue weighted by Crippen LogP contribution is -2.06. The quantitative estimate of drug-likeness (QED) is 0.734. The maximum absolute atomic E-state index is 11.1. The molecule has 0 saturated heterocycles. The molecule has 1 N–H and O–H groups in total. The minimum atomic E-state index is -0.114. The van der Waals surface area contributed by atoms with E-state index in [1.54, 1.807) is 18.3 Å². The Labute approximate surface area is 80.8 Å². The molecule has 14 heavy (non-hydrogen) atoms. The molecule has 0 saturated carbocycles. The van der Waals surface area contributed by atoms with Gasteiger partial charge in [-0.05, 0) is 17.7 Å². The molecule has 1 aromatic carbocycles. The summed E-state index contributed by atoms with van der Waals surface area (Å²) in [6.07, 6.45) is 1.62. The van der Waals surface area contributed by atoms with Crippen molar-refractivity contribution in [3.05, 3.63) is 30.0 Å². The van der Waals surface area contributed by atoms with Crippen molar-refractivity contribution >= 4 is 16.8 Å². The molecule has 4 nitrogen and oxygen atoms in total. The lowest BCUT2D eigenvalue weighted by atomic mass is 10.2. The van der Waals surface area contributed by atoms with E-state index >= 15 is 0 Å². The number of fused-ring (bicyclic) bond motifs is 1. The lowest BCUT2D eigenvalue weighted by Gasteiger charge is -1.98. The van der Waals surface area contributed by atoms with Crippen LogP contribution in [0.5, 0.6) is 0 Å². The molecule has 0 amide bonds. The Morgan fingerprint density at radius 1 is 1.57 bits per heavy atom. The number of aromatic nitrogens is 2. The number of benzene rings is 1. The van der Waals surface area contributed by atoms with Crippen LogP contribution < -0.4 is 0 Å². The Morgan fingerprint density at radius 2 is 2.36 bits per heavy atom. The predicted octanol–water partition coefficient (Wildman–Crippen LogP) is 1.19. The molecule has 0 spiro atoms. The smallest absolute Gasteiger partial charge is 0.244 e. The second kappa shape index (κ2) is 3.23. The van der Waals surface area contributed by atoms with Crippen molar-refractivity contribution in [2.45, 2.75) is 13.5 Å². The molecular formula is C10H10N2O2. The number of aliphatic hydroxyl groups is 1. The summed E-state index contributed by atoms with van der Waals surface area (Å²) in [6.45, 7) is 1.47. The highest BCUT2D eigenvalue weighted by Gasteiger charge is 2.05. The second-order valence-electron chi connectivity index (χ2n) is 3.13. The molecule has 1 heterocycles. The van der Waals surface area contributed by atoms with E-state index in [0.29, 0.717) is 0 Å². The first-order valence-electron chi connectivity index (χ1n) is 4.31. The molecule has 0 radical (unpaired) electrons. The molecular weight excluding hydrogens is 180 g/mol. The molecule has 0 aliphatic rings. The van der Waals surface area contributed by atoms with E-state index in [0.717, 1.165) is 16.5 Å². The van der Waals surface area contributed by atoms with Crippen LogP contribution in [0.25, 0.3) is 10.9 Å². The van der Waals surface area contributed by atoms with Crippen LogP contribution >= 0.6 is 0 Å². The Bertz CT molecular complexity index is 488. The maximum atomic E-state index is 11.1. The van der Waals surface area contributed by atoms with Gasteiger partial charge in [0.2, 0.25) is 5.91 Å². The second-order valence-corrected chi connectivity index (χ2v) is 3.13. The molecule has 2 rings (SSSR count). The average molecular weight is 190 g/mol. The lowest BCUT2D eigenvalue weighted by molar-refractivity contribution is 0.0927. The fourth-order valence-electron chi connectivity index (χ4n) is 1.43. The van der Waals surface area contributed by atoms with Gasteiger partial charge < -0.3 is 5.11 Å². The van der Waals surface area contributed by atoms with Crippen LogP contribution in [0.2, 0.25) is 0 Å². The van der Waals surface area contributed by atoms with Crippen molar-refractivity contribution in [2.24, 2.45) is 0 Å². The summed E-state index contributed by atoms with van der Waals surface area (Å²) in [6, 6.07) is 5.39. The van der Waals surface area contributed by atoms with Crippen LogP contribution in [-0.2, 0) is 6.61 Å². The zero-order valence-corrected chi connectivity index (χ0v) is 7.77. The molecule has 0 bridgehead atoms. The van der Waals surface area contributed by atoms with Gasteiger partial charge >= 0.3 is 0 Å². The van der Waals surface area contributed by atoms with Crippen LogP contribution in [0.3, 0.4) is 0 Å². The zero-order chi connectivity index (χ0) is 10.1. The predicted molar refractivity (Wildman–Crippen MR) is 52.0 cm³/mol. The standard InChI is InChI=1S/C10H10N2O2/c1-7(14)12-10-3-2-8(6-13)4-9(10)5-11-12/h2-5,13H,6H2,1H3. The Hall–Kier alpha value is -1.68. The molecule has 72 valence electrons. The summed E-state index contributed by atoms with van der Waals surface area (Å²) in [5.41, 5.74) is 1.59. The molecule has 0 unspecified atom stereocenters. The van der Waals surface area contributed by atoms with E-state index in [9.17, 15) is 4.79 Å². The number of hydrogen-bond acceptors (Lipinski definition) is 3. The Balaban J connectivity index is 2.65. The van der Waals surface area contributed by atoms with E-state index < -0.39 is 0 Å². The molecule has 0 atom stereocenters. The van der Waals surface area contributed by atoms with Gasteiger partial charge in [0.1, 0.15) is 0 Å². The van der Waals surface area contributed by atoms with Gasteiger partial charge in [-0.1, -0.05) is 6.07 Å². The van der Waals surface area contributed by atoms with Crippen molar-refractivity contribution in [2.75, 3.05) is 0 Å². The SMILES string of the molecule is CC(=O)n1ncc2cc(CO)ccc21. The van der Waals surface area contributed by atoms with Crippen LogP contribution in [0, 0.1) is 0 Å². The van der Waals surface area contributed by atoms with Crippen LogP contribution in [0.15, 0.2) is 24.4 Å². The fourth-order valence-corrected chi connectivity index (χ4v) is 1.43. The third-order valence-corrected chi connectivity index (χ3v) is 2.11. The first-order valence-corrected chi connectivity index (χ1v) is 4.31. The largest absolute Gasteiger partial charge is 0.392 e. The van der Waals surface area contributed by atoms with E-state index in [1.165, 1.54) is 11.6 Å². The van der Waals surface area contributed by atoms with Gasteiger partial charge in [0.15, 0.2) is 0 Å². The molecule has 0 aliphatic heterocycles. The third kappa shape index (κ3) is 1.29. The van der Waals surface area contributed by atoms with Crippen molar-refractivity contribution in [1.82, 2.24) is 9.78 Å². The topological polar surface area (TPSA) is 55.1 Å². The summed E-state index contributed by atoms with van der Waals surface area (Å²) in [7, 11) is 0. The molecule has 2 aromatic rings. The fraction of sp³-hybridized carbons (Fsp3) is 0.200. The normalized spacial score (nSPS) is 10.7. The number of aliphatic hydroxyl groups excluding tert-OH is 1. The Kier molecular flexibility index (Phi) is 2.05. The summed E-state index contributed by atoms with van der Waals surface area (Å²) < 4.78 is 1.34. The molecule has 4 heteroatoms. The monoisotopic (exact) mass is 190 g/mol. The summed E-state index contributed by atoms with van der Waals surface area (Å²) in [5.74, 6) is -0.114. The minimum absolute atomic E-state index is 0.00118. The molecule has 1 aromatic heterocycles. The van der Waals surface area contributed by atoms with Gasteiger partial charge in [0.25, 0.3) is 0 Å². The van der Waals surface area contributed by atoms with Gasteiger partial charge in [-0.15, -0.1) is 0 Å². The number of hydrogen-bond donors (Lipinski definition) is 1. The summed E-state index contributed by atoms with van der Waals surface area (Å²) in [5, 5.41) is 13.7. The number of carbonyl (C=O) groups is 1. The molecule has 0 fully saturated rings. The zero-order valence-electron chi connectivity index (χ0n) is 7.77. The first kappa shape index (κ1) is 8.90. The maximum Gasteiger partial charge on any atom is 0.244 e. The number of nitrogens with zero attached hydrogens (tertiary/aromatic N) is 2. The Morgan fingerprint density at radius 3 is 3.00 bits per heavy atom. The van der Waals surface area contributed by atoms with E-state index in [4.69, 9.17) is 5.11 Å². The van der Waals surface area contributed by atoms with Gasteiger partial charge in [-0.2, -0.15) is 5.10 Å². The van der Waals surface area contributed by atoms with Gasteiger partial charge in [-0.25, -0.2) is 4.68 Å². The number of rotatable bonds is 1. The van der Waals surface area contributed by atoms with Crippen molar-refractivity contribution < 1.29 is 9.90 Å². The molecule has 0 aliphatic carbocycles. The van der Waals surface area contributed by atoms with Gasteiger partial charge in [-0.3, -0.25) is 4.79 Å². The van der Waals surface area contributed by atoms with Crippen LogP contribution in [-0.4, -0.2) is 20.8 Å². The van der Waals surface area contributed by atoms with E-state index in [2.05, 4.69) is 5.10 Å². The van der Waals surface area contributed by atoms with Gasteiger partial charge in [0.05, 0.1) is 18.3 Å². The third-order valence-electron chi connectivity index (χ3n) is 2.11. The number of carbonyl (C=O) groups excluding carboxylic acids is 1.